The molecule has 2 rings (SSSR count). The number of guanidine groups is 1. The summed E-state index contributed by atoms with van der Waals surface area (Å²) in [6.45, 7) is 1.46. The van der Waals surface area contributed by atoms with Crippen molar-refractivity contribution >= 4 is 5.96 Å². The van der Waals surface area contributed by atoms with Crippen molar-refractivity contribution in [1.82, 2.24) is 10.6 Å². The molecule has 0 aliphatic carbocycles. The number of aliphatic imine (C=N–C) groups is 1. The van der Waals surface area contributed by atoms with Crippen LogP contribution in [-0.2, 0) is 13.0 Å². The maximum atomic E-state index is 13.1. The fourth-order valence-corrected chi connectivity index (χ4v) is 2.34. The molecule has 0 unspecified atom stereocenters. The number of hydrogen-bond donors (Lipinski definition) is 2. The third-order valence-electron chi connectivity index (χ3n) is 3.67. The summed E-state index contributed by atoms with van der Waals surface area (Å²) in [5.41, 5.74) is 2.16. The molecule has 4 nitrogen and oxygen atoms in total. The molecule has 24 heavy (non-hydrogen) atoms. The Morgan fingerprint density at radius 3 is 2.54 bits per heavy atom. The van der Waals surface area contributed by atoms with Crippen molar-refractivity contribution in [2.75, 3.05) is 20.7 Å². The third kappa shape index (κ3) is 5.91. The molecular weight excluding hydrogens is 305 g/mol. The first-order valence-electron chi connectivity index (χ1n) is 8.03. The van der Waals surface area contributed by atoms with Gasteiger partial charge in [-0.1, -0.05) is 24.3 Å². The normalized spacial score (nSPS) is 11.2. The van der Waals surface area contributed by atoms with Crippen molar-refractivity contribution in [3.05, 3.63) is 65.5 Å². The van der Waals surface area contributed by atoms with Crippen LogP contribution in [0, 0.1) is 5.82 Å². The molecule has 0 aliphatic rings. The molecule has 0 heterocycles. The molecule has 0 atom stereocenters. The van der Waals surface area contributed by atoms with Crippen LogP contribution in [0.4, 0.5) is 4.39 Å². The van der Waals surface area contributed by atoms with E-state index < -0.39 is 0 Å². The lowest BCUT2D eigenvalue weighted by molar-refractivity contribution is 0.414. The number of ether oxygens (including phenoxy) is 1. The van der Waals surface area contributed by atoms with Crippen molar-refractivity contribution < 1.29 is 9.13 Å². The molecule has 128 valence electrons. The van der Waals surface area contributed by atoms with E-state index in [0.717, 1.165) is 42.2 Å². The van der Waals surface area contributed by atoms with E-state index in [9.17, 15) is 4.39 Å². The van der Waals surface area contributed by atoms with Crippen molar-refractivity contribution in [1.29, 1.82) is 0 Å². The zero-order valence-electron chi connectivity index (χ0n) is 14.2. The van der Waals surface area contributed by atoms with Crippen molar-refractivity contribution in [2.24, 2.45) is 4.99 Å². The second-order valence-corrected chi connectivity index (χ2v) is 5.43. The van der Waals surface area contributed by atoms with Gasteiger partial charge in [0, 0.05) is 20.1 Å². The van der Waals surface area contributed by atoms with Crippen LogP contribution < -0.4 is 15.4 Å². The zero-order valence-corrected chi connectivity index (χ0v) is 14.2. The molecule has 0 amide bonds. The van der Waals surface area contributed by atoms with E-state index >= 15 is 0 Å². The lowest BCUT2D eigenvalue weighted by Crippen LogP contribution is -2.37. The summed E-state index contributed by atoms with van der Waals surface area (Å²) < 4.78 is 18.3. The minimum Gasteiger partial charge on any atom is -0.497 e. The highest BCUT2D eigenvalue weighted by molar-refractivity contribution is 5.79. The SMILES string of the molecule is CN=C(NCCCc1cccc(F)c1)NCc1ccc(OC)cc1. The summed E-state index contributed by atoms with van der Waals surface area (Å²) >= 11 is 0. The molecule has 0 saturated heterocycles. The number of methoxy groups -OCH3 is 1. The van der Waals surface area contributed by atoms with E-state index in [2.05, 4.69) is 15.6 Å². The molecule has 5 heteroatoms. The molecule has 0 radical (unpaired) electrons. The Labute approximate surface area is 142 Å². The van der Waals surface area contributed by atoms with Crippen molar-refractivity contribution in [2.45, 2.75) is 19.4 Å². The lowest BCUT2D eigenvalue weighted by atomic mass is 10.1. The standard InChI is InChI=1S/C19H24FN3O/c1-21-19(23-14-16-8-10-18(24-2)11-9-16)22-12-4-6-15-5-3-7-17(20)13-15/h3,5,7-11,13H,4,6,12,14H2,1-2H3,(H2,21,22,23). The van der Waals surface area contributed by atoms with E-state index in [4.69, 9.17) is 4.74 Å². The average Bonchev–Trinajstić information content (AvgIpc) is 2.61. The summed E-state index contributed by atoms with van der Waals surface area (Å²) in [4.78, 5) is 4.21. The van der Waals surface area contributed by atoms with Gasteiger partial charge in [-0.3, -0.25) is 4.99 Å². The minimum absolute atomic E-state index is 0.183. The predicted molar refractivity (Wildman–Crippen MR) is 95.9 cm³/mol. The Hall–Kier alpha value is -2.56. The predicted octanol–water partition coefficient (Wildman–Crippen LogP) is 3.13. The number of aryl methyl sites for hydroxylation is 1. The lowest BCUT2D eigenvalue weighted by Gasteiger charge is -2.12. The molecule has 0 bridgehead atoms. The molecule has 0 fully saturated rings. The molecule has 2 N–H and O–H groups in total. The van der Waals surface area contributed by atoms with Gasteiger partial charge in [-0.05, 0) is 48.2 Å². The van der Waals surface area contributed by atoms with Crippen molar-refractivity contribution in [3.63, 3.8) is 0 Å². The summed E-state index contributed by atoms with van der Waals surface area (Å²) in [6.07, 6.45) is 1.74. The molecule has 0 aromatic heterocycles. The highest BCUT2D eigenvalue weighted by Crippen LogP contribution is 2.10. The third-order valence-corrected chi connectivity index (χ3v) is 3.67. The highest BCUT2D eigenvalue weighted by atomic mass is 19.1. The van der Waals surface area contributed by atoms with Gasteiger partial charge in [0.25, 0.3) is 0 Å². The maximum absolute atomic E-state index is 13.1. The van der Waals surface area contributed by atoms with Gasteiger partial charge in [-0.2, -0.15) is 0 Å². The van der Waals surface area contributed by atoms with E-state index in [1.54, 1.807) is 26.3 Å². The Balaban J connectivity index is 1.70. The van der Waals surface area contributed by atoms with E-state index in [0.29, 0.717) is 6.54 Å². The summed E-state index contributed by atoms with van der Waals surface area (Å²) in [7, 11) is 3.40. The summed E-state index contributed by atoms with van der Waals surface area (Å²) in [5, 5.41) is 6.54. The first kappa shape index (κ1) is 17.8. The first-order chi connectivity index (χ1) is 11.7. The number of rotatable bonds is 7. The van der Waals surface area contributed by atoms with Gasteiger partial charge in [0.1, 0.15) is 11.6 Å². The topological polar surface area (TPSA) is 45.7 Å². The van der Waals surface area contributed by atoms with Crippen LogP contribution >= 0.6 is 0 Å². The molecular formula is C19H24FN3O. The Morgan fingerprint density at radius 1 is 1.08 bits per heavy atom. The smallest absolute Gasteiger partial charge is 0.191 e. The first-order valence-corrected chi connectivity index (χ1v) is 8.03. The molecule has 0 saturated carbocycles. The van der Waals surface area contributed by atoms with Crippen LogP contribution in [0.3, 0.4) is 0 Å². The second kappa shape index (κ2) is 9.55. The Morgan fingerprint density at radius 2 is 1.88 bits per heavy atom. The van der Waals surface area contributed by atoms with E-state index in [-0.39, 0.29) is 5.82 Å². The number of benzene rings is 2. The highest BCUT2D eigenvalue weighted by Gasteiger charge is 2.00. The van der Waals surface area contributed by atoms with Crippen LogP contribution in [0.2, 0.25) is 0 Å². The number of nitrogens with one attached hydrogen (secondary N) is 2. The fourth-order valence-electron chi connectivity index (χ4n) is 2.34. The van der Waals surface area contributed by atoms with Gasteiger partial charge < -0.3 is 15.4 Å². The summed E-state index contributed by atoms with van der Waals surface area (Å²) in [6, 6.07) is 14.6. The monoisotopic (exact) mass is 329 g/mol. The number of nitrogens with zero attached hydrogens (tertiary/aromatic N) is 1. The Kier molecular flexibility index (Phi) is 7.08. The van der Waals surface area contributed by atoms with Gasteiger partial charge >= 0.3 is 0 Å². The Bertz CT molecular complexity index is 656. The number of halogens is 1. The molecule has 0 aliphatic heterocycles. The van der Waals surface area contributed by atoms with Gasteiger partial charge in [-0.15, -0.1) is 0 Å². The zero-order chi connectivity index (χ0) is 17.2. The quantitative estimate of drug-likeness (QED) is 0.466. The molecule has 0 spiro atoms. The van der Waals surface area contributed by atoms with Gasteiger partial charge in [0.2, 0.25) is 0 Å². The van der Waals surface area contributed by atoms with Gasteiger partial charge in [0.05, 0.1) is 7.11 Å². The van der Waals surface area contributed by atoms with Crippen LogP contribution in [0.15, 0.2) is 53.5 Å². The van der Waals surface area contributed by atoms with Gasteiger partial charge in [-0.25, -0.2) is 4.39 Å². The minimum atomic E-state index is -0.183. The largest absolute Gasteiger partial charge is 0.497 e. The van der Waals surface area contributed by atoms with Crippen molar-refractivity contribution in [3.8, 4) is 5.75 Å². The second-order valence-electron chi connectivity index (χ2n) is 5.43. The van der Waals surface area contributed by atoms with E-state index in [1.165, 1.54) is 6.07 Å². The average molecular weight is 329 g/mol. The summed E-state index contributed by atoms with van der Waals surface area (Å²) in [5.74, 6) is 1.42. The van der Waals surface area contributed by atoms with Crippen LogP contribution in [-0.4, -0.2) is 26.7 Å². The number of hydrogen-bond acceptors (Lipinski definition) is 2. The molecule has 2 aromatic rings. The van der Waals surface area contributed by atoms with Crippen LogP contribution in [0.5, 0.6) is 5.75 Å². The van der Waals surface area contributed by atoms with Gasteiger partial charge in [0.15, 0.2) is 5.96 Å². The maximum Gasteiger partial charge on any atom is 0.191 e. The molecule has 2 aromatic carbocycles. The van der Waals surface area contributed by atoms with Crippen LogP contribution in [0.1, 0.15) is 17.5 Å². The fraction of sp³-hybridized carbons (Fsp3) is 0.316. The van der Waals surface area contributed by atoms with Crippen LogP contribution in [0.25, 0.3) is 0 Å². The van der Waals surface area contributed by atoms with E-state index in [1.807, 2.05) is 30.3 Å².